The molecule has 1 aromatic heterocycles. The molecule has 1 aromatic carbocycles. The molecule has 2 heterocycles. The van der Waals surface area contributed by atoms with E-state index in [4.69, 9.17) is 14.9 Å². The molecule has 0 aliphatic carbocycles. The quantitative estimate of drug-likeness (QED) is 0.867. The summed E-state index contributed by atoms with van der Waals surface area (Å²) in [5, 5.41) is 3.29. The van der Waals surface area contributed by atoms with Crippen molar-refractivity contribution < 1.29 is 9.15 Å². The fourth-order valence-electron chi connectivity index (χ4n) is 2.43. The van der Waals surface area contributed by atoms with Crippen molar-refractivity contribution in [2.24, 2.45) is 5.73 Å². The lowest BCUT2D eigenvalue weighted by molar-refractivity contribution is 0.00411. The number of nitrogens with one attached hydrogen (secondary N) is 1. The highest BCUT2D eigenvalue weighted by molar-refractivity contribution is 5.81. The lowest BCUT2D eigenvalue weighted by atomic mass is 10.1. The number of morpholine rings is 1. The van der Waals surface area contributed by atoms with Gasteiger partial charge in [-0.3, -0.25) is 0 Å². The van der Waals surface area contributed by atoms with Gasteiger partial charge in [-0.15, -0.1) is 0 Å². The lowest BCUT2D eigenvalue weighted by Gasteiger charge is -2.31. The minimum Gasteiger partial charge on any atom is -0.464 e. The molecule has 0 amide bonds. The summed E-state index contributed by atoms with van der Waals surface area (Å²) in [4.78, 5) is 0. The SMILES string of the molecule is NCC(NN1CCOCC1)c1coc2ccccc12. The molecular formula is C14H19N3O2. The molecule has 1 atom stereocenters. The van der Waals surface area contributed by atoms with Crippen molar-refractivity contribution >= 4 is 11.0 Å². The molecule has 19 heavy (non-hydrogen) atoms. The summed E-state index contributed by atoms with van der Waals surface area (Å²) >= 11 is 0. The van der Waals surface area contributed by atoms with Crippen LogP contribution >= 0.6 is 0 Å². The van der Waals surface area contributed by atoms with Gasteiger partial charge in [-0.25, -0.2) is 10.4 Å². The Morgan fingerprint density at radius 1 is 1.26 bits per heavy atom. The largest absolute Gasteiger partial charge is 0.464 e. The molecule has 3 rings (SSSR count). The van der Waals surface area contributed by atoms with Crippen LogP contribution in [-0.4, -0.2) is 37.9 Å². The second kappa shape index (κ2) is 5.71. The van der Waals surface area contributed by atoms with E-state index in [0.717, 1.165) is 42.8 Å². The predicted octanol–water partition coefficient (Wildman–Crippen LogP) is 1.27. The van der Waals surface area contributed by atoms with E-state index in [1.165, 1.54) is 0 Å². The van der Waals surface area contributed by atoms with Crippen molar-refractivity contribution in [1.82, 2.24) is 10.4 Å². The second-order valence-electron chi connectivity index (χ2n) is 4.70. The van der Waals surface area contributed by atoms with E-state index in [0.29, 0.717) is 6.54 Å². The Bertz CT molecular complexity index is 534. The predicted molar refractivity (Wildman–Crippen MR) is 73.5 cm³/mol. The maximum atomic E-state index is 5.91. The average Bonchev–Trinajstić information content (AvgIpc) is 2.90. The maximum absolute atomic E-state index is 5.91. The summed E-state index contributed by atoms with van der Waals surface area (Å²) in [5.74, 6) is 0. The Hall–Kier alpha value is -1.40. The van der Waals surface area contributed by atoms with Crippen LogP contribution in [-0.2, 0) is 4.74 Å². The standard InChI is InChI=1S/C14H19N3O2/c15-9-13(16-17-5-7-18-8-6-17)12-10-19-14-4-2-1-3-11(12)14/h1-4,10,13,16H,5-9,15H2. The van der Waals surface area contributed by atoms with Crippen LogP contribution in [0.15, 0.2) is 34.9 Å². The Balaban J connectivity index is 1.81. The fourth-order valence-corrected chi connectivity index (χ4v) is 2.43. The number of fused-ring (bicyclic) bond motifs is 1. The van der Waals surface area contributed by atoms with Crippen LogP contribution in [0, 0.1) is 0 Å². The monoisotopic (exact) mass is 261 g/mol. The number of rotatable bonds is 4. The van der Waals surface area contributed by atoms with Crippen LogP contribution < -0.4 is 11.2 Å². The van der Waals surface area contributed by atoms with Crippen LogP contribution in [0.3, 0.4) is 0 Å². The van der Waals surface area contributed by atoms with Crippen molar-refractivity contribution in [2.75, 3.05) is 32.8 Å². The van der Waals surface area contributed by atoms with Gasteiger partial charge in [0.2, 0.25) is 0 Å². The third-order valence-electron chi connectivity index (χ3n) is 3.47. The summed E-state index contributed by atoms with van der Waals surface area (Å²) in [7, 11) is 0. The Kier molecular flexibility index (Phi) is 3.79. The second-order valence-corrected chi connectivity index (χ2v) is 4.70. The first-order valence-corrected chi connectivity index (χ1v) is 6.63. The van der Waals surface area contributed by atoms with Gasteiger partial charge in [0.05, 0.1) is 25.5 Å². The number of hydrazine groups is 1. The molecular weight excluding hydrogens is 242 g/mol. The van der Waals surface area contributed by atoms with E-state index in [2.05, 4.69) is 16.5 Å². The van der Waals surface area contributed by atoms with Crippen LogP contribution in [0.4, 0.5) is 0 Å². The number of furan rings is 1. The molecule has 102 valence electrons. The highest BCUT2D eigenvalue weighted by Gasteiger charge is 2.19. The zero-order valence-corrected chi connectivity index (χ0v) is 10.8. The van der Waals surface area contributed by atoms with Gasteiger partial charge in [0.1, 0.15) is 5.58 Å². The van der Waals surface area contributed by atoms with Crippen molar-refractivity contribution in [3.05, 3.63) is 36.1 Å². The zero-order chi connectivity index (χ0) is 13.1. The molecule has 3 N–H and O–H groups in total. The minimum absolute atomic E-state index is 0.0711. The molecule has 0 spiro atoms. The van der Waals surface area contributed by atoms with E-state index in [-0.39, 0.29) is 6.04 Å². The summed E-state index contributed by atoms with van der Waals surface area (Å²) in [5.41, 5.74) is 11.4. The topological polar surface area (TPSA) is 63.7 Å². The van der Waals surface area contributed by atoms with Crippen LogP contribution in [0.1, 0.15) is 11.6 Å². The van der Waals surface area contributed by atoms with Gasteiger partial charge in [0.15, 0.2) is 0 Å². The van der Waals surface area contributed by atoms with E-state index in [9.17, 15) is 0 Å². The number of benzene rings is 1. The fraction of sp³-hybridized carbons (Fsp3) is 0.429. The summed E-state index contributed by atoms with van der Waals surface area (Å²) in [6, 6.07) is 8.10. The Morgan fingerprint density at radius 2 is 2.05 bits per heavy atom. The Morgan fingerprint density at radius 3 is 2.84 bits per heavy atom. The molecule has 0 bridgehead atoms. The van der Waals surface area contributed by atoms with Gasteiger partial charge in [0.25, 0.3) is 0 Å². The average molecular weight is 261 g/mol. The first-order chi connectivity index (χ1) is 9.38. The van der Waals surface area contributed by atoms with Gasteiger partial charge in [-0.2, -0.15) is 0 Å². The van der Waals surface area contributed by atoms with Gasteiger partial charge in [-0.05, 0) is 6.07 Å². The zero-order valence-electron chi connectivity index (χ0n) is 10.8. The number of para-hydroxylation sites is 1. The normalized spacial score (nSPS) is 18.8. The van der Waals surface area contributed by atoms with Gasteiger partial charge >= 0.3 is 0 Å². The summed E-state index contributed by atoms with van der Waals surface area (Å²) in [6.45, 7) is 3.81. The molecule has 1 saturated heterocycles. The number of nitrogens with zero attached hydrogens (tertiary/aromatic N) is 1. The van der Waals surface area contributed by atoms with E-state index < -0.39 is 0 Å². The van der Waals surface area contributed by atoms with Gasteiger partial charge in [0, 0.05) is 30.6 Å². The molecule has 1 aliphatic heterocycles. The van der Waals surface area contributed by atoms with Gasteiger partial charge < -0.3 is 14.9 Å². The van der Waals surface area contributed by atoms with Crippen molar-refractivity contribution in [2.45, 2.75) is 6.04 Å². The molecule has 2 aromatic rings. The Labute approximate surface area is 112 Å². The maximum Gasteiger partial charge on any atom is 0.134 e. The lowest BCUT2D eigenvalue weighted by Crippen LogP contribution is -2.48. The highest BCUT2D eigenvalue weighted by atomic mass is 16.5. The first kappa shape index (κ1) is 12.6. The van der Waals surface area contributed by atoms with Crippen molar-refractivity contribution in [3.8, 4) is 0 Å². The minimum atomic E-state index is 0.0711. The molecule has 1 unspecified atom stereocenters. The summed E-state index contributed by atoms with van der Waals surface area (Å²) < 4.78 is 10.9. The molecule has 5 nitrogen and oxygen atoms in total. The molecule has 0 saturated carbocycles. The molecule has 1 fully saturated rings. The first-order valence-electron chi connectivity index (χ1n) is 6.63. The van der Waals surface area contributed by atoms with Crippen LogP contribution in [0.2, 0.25) is 0 Å². The van der Waals surface area contributed by atoms with Crippen molar-refractivity contribution in [1.29, 1.82) is 0 Å². The molecule has 5 heteroatoms. The molecule has 1 aliphatic rings. The summed E-state index contributed by atoms with van der Waals surface area (Å²) in [6.07, 6.45) is 1.80. The smallest absolute Gasteiger partial charge is 0.134 e. The van der Waals surface area contributed by atoms with Crippen LogP contribution in [0.5, 0.6) is 0 Å². The van der Waals surface area contributed by atoms with E-state index in [1.807, 2.05) is 18.2 Å². The van der Waals surface area contributed by atoms with Crippen LogP contribution in [0.25, 0.3) is 11.0 Å². The van der Waals surface area contributed by atoms with Crippen molar-refractivity contribution in [3.63, 3.8) is 0 Å². The van der Waals surface area contributed by atoms with E-state index >= 15 is 0 Å². The molecule has 0 radical (unpaired) electrons. The van der Waals surface area contributed by atoms with Gasteiger partial charge in [-0.1, -0.05) is 18.2 Å². The number of ether oxygens (including phenoxy) is 1. The number of hydrogen-bond acceptors (Lipinski definition) is 5. The third kappa shape index (κ3) is 2.64. The number of nitrogens with two attached hydrogens (primary N) is 1. The third-order valence-corrected chi connectivity index (χ3v) is 3.47. The van der Waals surface area contributed by atoms with E-state index in [1.54, 1.807) is 6.26 Å². The highest BCUT2D eigenvalue weighted by Crippen LogP contribution is 2.26. The number of hydrogen-bond donors (Lipinski definition) is 2.